The molecule has 3 aromatic rings. The maximum Gasteiger partial charge on any atom is 0.164 e. The van der Waals surface area contributed by atoms with E-state index in [4.69, 9.17) is 19.2 Å². The molecule has 0 spiro atoms. The van der Waals surface area contributed by atoms with Crippen LogP contribution in [0.5, 0.6) is 17.2 Å². The number of benzene rings is 2. The topological polar surface area (TPSA) is 64.4 Å². The zero-order valence-corrected chi connectivity index (χ0v) is 16.5. The Balaban J connectivity index is 1.87. The molecular weight excluding hydrogens is 374 g/mol. The molecule has 1 aromatic heterocycles. The van der Waals surface area contributed by atoms with E-state index in [0.717, 1.165) is 33.2 Å². The largest absolute Gasteiger partial charge is 0.497 e. The molecule has 6 nitrogen and oxygen atoms in total. The lowest BCUT2D eigenvalue weighted by molar-refractivity contribution is 0.355. The third kappa shape index (κ3) is 3.32. The number of fused-ring (bicyclic) bond motifs is 1. The molecule has 0 atom stereocenters. The standard InChI is InChI=1S/C21H19N3O3S/c1-25-14-7-8-16-15(12-14)20(13-6-9-17(26-2)18(11-13)27-3)23-24-21(22-16)19-5-4-10-28-19/h4-12H,1-3H3,(H,22,24). The number of nitrogens with one attached hydrogen (secondary N) is 1. The second kappa shape index (κ2) is 7.74. The van der Waals surface area contributed by atoms with Crippen molar-refractivity contribution in [2.24, 2.45) is 10.1 Å². The minimum absolute atomic E-state index is 0.635. The first kappa shape index (κ1) is 18.1. The first-order valence-electron chi connectivity index (χ1n) is 8.60. The van der Waals surface area contributed by atoms with Gasteiger partial charge in [-0.1, -0.05) is 6.07 Å². The van der Waals surface area contributed by atoms with Crippen LogP contribution in [0.1, 0.15) is 16.0 Å². The number of aliphatic imine (C=N–C) groups is 1. The molecule has 0 saturated carbocycles. The third-order valence-electron chi connectivity index (χ3n) is 4.38. The first-order valence-corrected chi connectivity index (χ1v) is 9.48. The van der Waals surface area contributed by atoms with Crippen LogP contribution in [0, 0.1) is 0 Å². The minimum atomic E-state index is 0.635. The summed E-state index contributed by atoms with van der Waals surface area (Å²) in [4.78, 5) is 5.81. The molecule has 0 aliphatic carbocycles. The Morgan fingerprint density at radius 2 is 1.75 bits per heavy atom. The van der Waals surface area contributed by atoms with Crippen LogP contribution in [-0.4, -0.2) is 32.9 Å². The molecule has 7 heteroatoms. The van der Waals surface area contributed by atoms with Gasteiger partial charge in [0.1, 0.15) is 11.5 Å². The van der Waals surface area contributed by atoms with E-state index in [-0.39, 0.29) is 0 Å². The van der Waals surface area contributed by atoms with Crippen molar-refractivity contribution >= 4 is 28.6 Å². The van der Waals surface area contributed by atoms with Crippen molar-refractivity contribution in [2.75, 3.05) is 21.3 Å². The second-order valence-corrected chi connectivity index (χ2v) is 6.91. The summed E-state index contributed by atoms with van der Waals surface area (Å²) in [5.41, 5.74) is 6.41. The van der Waals surface area contributed by atoms with Gasteiger partial charge in [0.05, 0.1) is 31.9 Å². The molecule has 0 saturated heterocycles. The van der Waals surface area contributed by atoms with Gasteiger partial charge in [0.2, 0.25) is 0 Å². The number of hydrogen-bond acceptors (Lipinski definition) is 7. The van der Waals surface area contributed by atoms with Gasteiger partial charge >= 0.3 is 0 Å². The maximum atomic E-state index is 5.46. The molecule has 1 N–H and O–H groups in total. The Hall–Kier alpha value is -3.32. The van der Waals surface area contributed by atoms with Gasteiger partial charge in [-0.05, 0) is 47.8 Å². The van der Waals surface area contributed by atoms with E-state index < -0.39 is 0 Å². The van der Waals surface area contributed by atoms with Gasteiger partial charge in [-0.25, -0.2) is 4.99 Å². The Morgan fingerprint density at radius 3 is 2.46 bits per heavy atom. The molecular formula is C21H19N3O3S. The van der Waals surface area contributed by atoms with Crippen LogP contribution in [0.25, 0.3) is 0 Å². The fourth-order valence-electron chi connectivity index (χ4n) is 2.97. The molecule has 4 rings (SSSR count). The zero-order chi connectivity index (χ0) is 19.5. The highest BCUT2D eigenvalue weighted by atomic mass is 32.1. The number of amidine groups is 1. The van der Waals surface area contributed by atoms with Crippen LogP contribution in [0.2, 0.25) is 0 Å². The number of ether oxygens (including phenoxy) is 3. The van der Waals surface area contributed by atoms with Crippen LogP contribution in [0.15, 0.2) is 64.0 Å². The lowest BCUT2D eigenvalue weighted by atomic mass is 10.00. The highest BCUT2D eigenvalue weighted by Gasteiger charge is 2.20. The second-order valence-electron chi connectivity index (χ2n) is 5.96. The Bertz CT molecular complexity index is 1060. The Kier molecular flexibility index (Phi) is 4.99. The zero-order valence-electron chi connectivity index (χ0n) is 15.7. The van der Waals surface area contributed by atoms with Crippen molar-refractivity contribution in [3.05, 3.63) is 69.9 Å². The van der Waals surface area contributed by atoms with Crippen LogP contribution < -0.4 is 19.6 Å². The molecule has 0 bridgehead atoms. The van der Waals surface area contributed by atoms with Gasteiger partial charge in [0.25, 0.3) is 0 Å². The number of methoxy groups -OCH3 is 3. The summed E-state index contributed by atoms with van der Waals surface area (Å²) < 4.78 is 16.2. The summed E-state index contributed by atoms with van der Waals surface area (Å²) in [6, 6.07) is 15.5. The highest BCUT2D eigenvalue weighted by molar-refractivity contribution is 7.12. The monoisotopic (exact) mass is 393 g/mol. The SMILES string of the molecule is COc1ccc2c(c1)C(c1ccc(OC)c(OC)c1)=NNC(c1cccs1)=N2. The normalized spacial score (nSPS) is 12.8. The van der Waals surface area contributed by atoms with E-state index in [1.807, 2.05) is 53.9 Å². The smallest absolute Gasteiger partial charge is 0.164 e. The number of rotatable bonds is 5. The van der Waals surface area contributed by atoms with Crippen LogP contribution in [-0.2, 0) is 0 Å². The van der Waals surface area contributed by atoms with E-state index in [0.29, 0.717) is 17.3 Å². The maximum absolute atomic E-state index is 5.46. The number of nitrogens with zero attached hydrogens (tertiary/aromatic N) is 2. The van der Waals surface area contributed by atoms with E-state index in [9.17, 15) is 0 Å². The summed E-state index contributed by atoms with van der Waals surface area (Å²) in [5.74, 6) is 2.74. The summed E-state index contributed by atoms with van der Waals surface area (Å²) in [5, 5.41) is 6.68. The van der Waals surface area contributed by atoms with Gasteiger partial charge in [0.15, 0.2) is 17.3 Å². The third-order valence-corrected chi connectivity index (χ3v) is 5.25. The van der Waals surface area contributed by atoms with Gasteiger partial charge in [-0.2, -0.15) is 5.10 Å². The van der Waals surface area contributed by atoms with Crippen molar-refractivity contribution in [3.63, 3.8) is 0 Å². The lowest BCUT2D eigenvalue weighted by Gasteiger charge is -2.12. The van der Waals surface area contributed by atoms with Crippen molar-refractivity contribution < 1.29 is 14.2 Å². The quantitative estimate of drug-likeness (QED) is 0.705. The molecule has 1 aliphatic heterocycles. The van der Waals surface area contributed by atoms with Crippen molar-refractivity contribution in [2.45, 2.75) is 0 Å². The van der Waals surface area contributed by atoms with Gasteiger partial charge in [-0.15, -0.1) is 11.3 Å². The fraction of sp³-hybridized carbons (Fsp3) is 0.143. The average Bonchev–Trinajstić information content (AvgIpc) is 3.21. The van der Waals surface area contributed by atoms with Gasteiger partial charge < -0.3 is 14.2 Å². The van der Waals surface area contributed by atoms with Crippen LogP contribution in [0.4, 0.5) is 5.69 Å². The number of hydrazone groups is 1. The molecule has 0 radical (unpaired) electrons. The molecule has 2 aromatic carbocycles. The minimum Gasteiger partial charge on any atom is -0.497 e. The Morgan fingerprint density at radius 1 is 0.893 bits per heavy atom. The molecule has 1 aliphatic rings. The molecule has 0 fully saturated rings. The molecule has 2 heterocycles. The number of thiophene rings is 1. The van der Waals surface area contributed by atoms with Crippen molar-refractivity contribution in [3.8, 4) is 17.2 Å². The van der Waals surface area contributed by atoms with Crippen LogP contribution >= 0.6 is 11.3 Å². The van der Waals surface area contributed by atoms with Crippen molar-refractivity contribution in [1.82, 2.24) is 5.43 Å². The molecule has 0 amide bonds. The molecule has 28 heavy (non-hydrogen) atoms. The van der Waals surface area contributed by atoms with Gasteiger partial charge in [0, 0.05) is 11.1 Å². The summed E-state index contributed by atoms with van der Waals surface area (Å²) in [6.07, 6.45) is 0. The molecule has 142 valence electrons. The highest BCUT2D eigenvalue weighted by Crippen LogP contribution is 2.33. The summed E-state index contributed by atoms with van der Waals surface area (Å²) in [7, 11) is 4.87. The number of hydrogen-bond donors (Lipinski definition) is 1. The predicted molar refractivity (Wildman–Crippen MR) is 112 cm³/mol. The van der Waals surface area contributed by atoms with Gasteiger partial charge in [-0.3, -0.25) is 5.43 Å². The van der Waals surface area contributed by atoms with E-state index >= 15 is 0 Å². The average molecular weight is 393 g/mol. The van der Waals surface area contributed by atoms with E-state index in [1.54, 1.807) is 32.7 Å². The summed E-state index contributed by atoms with van der Waals surface area (Å²) in [6.45, 7) is 0. The predicted octanol–water partition coefficient (Wildman–Crippen LogP) is 4.21. The summed E-state index contributed by atoms with van der Waals surface area (Å²) >= 11 is 1.61. The molecule has 0 unspecified atom stereocenters. The lowest BCUT2D eigenvalue weighted by Crippen LogP contribution is -2.18. The van der Waals surface area contributed by atoms with Crippen molar-refractivity contribution in [1.29, 1.82) is 0 Å². The van der Waals surface area contributed by atoms with E-state index in [2.05, 4.69) is 10.5 Å². The van der Waals surface area contributed by atoms with E-state index in [1.165, 1.54) is 0 Å². The fourth-order valence-corrected chi connectivity index (χ4v) is 3.63. The Labute approximate surface area is 167 Å². The van der Waals surface area contributed by atoms with Crippen LogP contribution in [0.3, 0.4) is 0 Å². The first-order chi connectivity index (χ1) is 13.7.